The van der Waals surface area contributed by atoms with E-state index in [0.29, 0.717) is 51.6 Å². The molecule has 1 saturated heterocycles. The van der Waals surface area contributed by atoms with E-state index < -0.39 is 0 Å². The van der Waals surface area contributed by atoms with Crippen molar-refractivity contribution < 1.29 is 19.1 Å². The highest BCUT2D eigenvalue weighted by Crippen LogP contribution is 2.27. The zero-order chi connectivity index (χ0) is 18.8. The van der Waals surface area contributed by atoms with Crippen molar-refractivity contribution >= 4 is 23.2 Å². The van der Waals surface area contributed by atoms with E-state index in [2.05, 4.69) is 0 Å². The molecule has 2 aliphatic heterocycles. The van der Waals surface area contributed by atoms with Gasteiger partial charge in [0.15, 0.2) is 0 Å². The zero-order valence-electron chi connectivity index (χ0n) is 15.3. The Kier molecular flexibility index (Phi) is 5.13. The molecule has 1 aromatic carbocycles. The summed E-state index contributed by atoms with van der Waals surface area (Å²) < 4.78 is 11.1. The molecular weight excluding hydrogens is 364 g/mol. The van der Waals surface area contributed by atoms with Gasteiger partial charge in [-0.2, -0.15) is 0 Å². The van der Waals surface area contributed by atoms with Gasteiger partial charge in [0.1, 0.15) is 12.4 Å². The molecule has 0 radical (unpaired) electrons. The topological polar surface area (TPSA) is 59.1 Å². The molecule has 0 spiro atoms. The smallest absolute Gasteiger partial charge is 0.264 e. The number of aryl methyl sites for hydroxylation is 1. The van der Waals surface area contributed by atoms with Crippen molar-refractivity contribution in [2.24, 2.45) is 0 Å². The van der Waals surface area contributed by atoms with Gasteiger partial charge in [-0.25, -0.2) is 0 Å². The molecule has 0 aliphatic carbocycles. The Labute approximate surface area is 162 Å². The second-order valence-corrected chi connectivity index (χ2v) is 7.65. The third-order valence-corrected chi connectivity index (χ3v) is 5.93. The normalized spacial score (nSPS) is 17.1. The number of nitrogens with zero attached hydrogens (tertiary/aromatic N) is 2. The van der Waals surface area contributed by atoms with Crippen LogP contribution in [0.25, 0.3) is 0 Å². The predicted molar refractivity (Wildman–Crippen MR) is 102 cm³/mol. The van der Waals surface area contributed by atoms with Gasteiger partial charge in [-0.1, -0.05) is 0 Å². The number of thiophene rings is 1. The highest BCUT2D eigenvalue weighted by molar-refractivity contribution is 7.12. The van der Waals surface area contributed by atoms with E-state index in [1.807, 2.05) is 30.5 Å². The van der Waals surface area contributed by atoms with Crippen LogP contribution in [0.4, 0.5) is 0 Å². The molecule has 0 atom stereocenters. The van der Waals surface area contributed by atoms with E-state index in [-0.39, 0.29) is 11.8 Å². The number of morpholine rings is 1. The second kappa shape index (κ2) is 7.70. The summed E-state index contributed by atoms with van der Waals surface area (Å²) in [4.78, 5) is 30.0. The lowest BCUT2D eigenvalue weighted by molar-refractivity contribution is 0.0303. The quantitative estimate of drug-likeness (QED) is 0.796. The Bertz CT molecular complexity index is 857. The van der Waals surface area contributed by atoms with Crippen LogP contribution in [0.5, 0.6) is 5.75 Å². The molecule has 4 rings (SSSR count). The van der Waals surface area contributed by atoms with Crippen LogP contribution in [-0.4, -0.2) is 61.1 Å². The molecule has 3 heterocycles. The third-order valence-electron chi connectivity index (χ3n) is 4.93. The van der Waals surface area contributed by atoms with Gasteiger partial charge in [0.2, 0.25) is 0 Å². The number of hydrogen-bond donors (Lipinski definition) is 0. The average molecular weight is 386 g/mol. The van der Waals surface area contributed by atoms with Crippen molar-refractivity contribution in [2.45, 2.75) is 13.5 Å². The maximum atomic E-state index is 12.9. The van der Waals surface area contributed by atoms with Crippen molar-refractivity contribution in [2.75, 3.05) is 39.5 Å². The first-order valence-corrected chi connectivity index (χ1v) is 9.97. The minimum Gasteiger partial charge on any atom is -0.491 e. The lowest BCUT2D eigenvalue weighted by Crippen LogP contribution is -2.40. The monoisotopic (exact) mass is 386 g/mol. The first kappa shape index (κ1) is 18.0. The molecular formula is C20H22N2O4S. The summed E-state index contributed by atoms with van der Waals surface area (Å²) in [5, 5.41) is 1.93. The van der Waals surface area contributed by atoms with E-state index >= 15 is 0 Å². The number of benzene rings is 1. The Morgan fingerprint density at radius 3 is 2.52 bits per heavy atom. The van der Waals surface area contributed by atoms with Gasteiger partial charge >= 0.3 is 0 Å². The molecule has 1 aromatic heterocycles. The first-order chi connectivity index (χ1) is 13.1. The van der Waals surface area contributed by atoms with Gasteiger partial charge in [-0.05, 0) is 42.1 Å². The van der Waals surface area contributed by atoms with Crippen molar-refractivity contribution in [1.29, 1.82) is 0 Å². The molecule has 1 fully saturated rings. The summed E-state index contributed by atoms with van der Waals surface area (Å²) in [7, 11) is 0. The van der Waals surface area contributed by atoms with Crippen molar-refractivity contribution in [3.05, 3.63) is 51.2 Å². The fourth-order valence-corrected chi connectivity index (χ4v) is 4.28. The molecule has 2 amide bonds. The van der Waals surface area contributed by atoms with Crippen LogP contribution in [0.1, 0.15) is 31.2 Å². The zero-order valence-corrected chi connectivity index (χ0v) is 16.1. The van der Waals surface area contributed by atoms with Crippen LogP contribution < -0.4 is 4.74 Å². The minimum atomic E-state index is -0.00248. The lowest BCUT2D eigenvalue weighted by atomic mass is 10.1. The number of ether oxygens (including phenoxy) is 2. The maximum Gasteiger partial charge on any atom is 0.264 e. The van der Waals surface area contributed by atoms with E-state index in [4.69, 9.17) is 9.47 Å². The average Bonchev–Trinajstić information content (AvgIpc) is 3.01. The van der Waals surface area contributed by atoms with Gasteiger partial charge < -0.3 is 19.3 Å². The van der Waals surface area contributed by atoms with Gasteiger partial charge in [0.05, 0.1) is 24.6 Å². The highest BCUT2D eigenvalue weighted by Gasteiger charge is 2.25. The van der Waals surface area contributed by atoms with Crippen LogP contribution in [0.3, 0.4) is 0 Å². The number of amides is 2. The molecule has 0 N–H and O–H groups in total. The van der Waals surface area contributed by atoms with Crippen molar-refractivity contribution in [3.63, 3.8) is 0 Å². The van der Waals surface area contributed by atoms with E-state index in [1.165, 1.54) is 11.3 Å². The van der Waals surface area contributed by atoms with Crippen molar-refractivity contribution in [3.8, 4) is 5.75 Å². The Morgan fingerprint density at radius 1 is 1.00 bits per heavy atom. The number of rotatable bonds is 2. The number of hydrogen-bond acceptors (Lipinski definition) is 5. The Morgan fingerprint density at radius 2 is 1.78 bits per heavy atom. The van der Waals surface area contributed by atoms with Crippen molar-refractivity contribution in [1.82, 2.24) is 9.80 Å². The lowest BCUT2D eigenvalue weighted by Gasteiger charge is -2.27. The summed E-state index contributed by atoms with van der Waals surface area (Å²) in [6, 6.07) is 7.46. The summed E-state index contributed by atoms with van der Waals surface area (Å²) in [6.45, 7) is 5.71. The summed E-state index contributed by atoms with van der Waals surface area (Å²) >= 11 is 1.46. The van der Waals surface area contributed by atoms with E-state index in [9.17, 15) is 9.59 Å². The number of carbonyl (C=O) groups is 2. The maximum absolute atomic E-state index is 12.9. The summed E-state index contributed by atoms with van der Waals surface area (Å²) in [6.07, 6.45) is 0. The molecule has 142 valence electrons. The molecule has 0 unspecified atom stereocenters. The Hall–Kier alpha value is -2.38. The van der Waals surface area contributed by atoms with Crippen LogP contribution in [-0.2, 0) is 11.3 Å². The van der Waals surface area contributed by atoms with E-state index in [1.54, 1.807) is 15.9 Å². The van der Waals surface area contributed by atoms with Crippen LogP contribution in [0.2, 0.25) is 0 Å². The van der Waals surface area contributed by atoms with Crippen LogP contribution in [0, 0.1) is 6.92 Å². The fourth-order valence-electron chi connectivity index (χ4n) is 3.39. The molecule has 7 heteroatoms. The first-order valence-electron chi connectivity index (χ1n) is 9.09. The molecule has 0 saturated carbocycles. The van der Waals surface area contributed by atoms with Gasteiger partial charge in [-0.15, -0.1) is 11.3 Å². The predicted octanol–water partition coefficient (Wildman–Crippen LogP) is 2.56. The van der Waals surface area contributed by atoms with Gasteiger partial charge in [0, 0.05) is 30.8 Å². The summed E-state index contributed by atoms with van der Waals surface area (Å²) in [5.41, 5.74) is 2.49. The van der Waals surface area contributed by atoms with Gasteiger partial charge in [-0.3, -0.25) is 9.59 Å². The van der Waals surface area contributed by atoms with Crippen LogP contribution >= 0.6 is 11.3 Å². The molecule has 2 aromatic rings. The molecule has 2 aliphatic rings. The SMILES string of the molecule is Cc1ccsc1C(=O)N1CCOc2ccc(C(=O)N3CCOCC3)cc2C1. The standard InChI is InChI=1S/C20H22N2O4S/c1-14-4-11-27-18(14)20(24)22-7-10-26-17-3-2-15(12-16(17)13-22)19(23)21-5-8-25-9-6-21/h2-4,11-12H,5-10,13H2,1H3. The minimum absolute atomic E-state index is 0.00248. The third kappa shape index (κ3) is 3.70. The molecule has 6 nitrogen and oxygen atoms in total. The largest absolute Gasteiger partial charge is 0.491 e. The fraction of sp³-hybridized carbons (Fsp3) is 0.400. The van der Waals surface area contributed by atoms with Crippen LogP contribution in [0.15, 0.2) is 29.6 Å². The van der Waals surface area contributed by atoms with E-state index in [0.717, 1.165) is 21.8 Å². The second-order valence-electron chi connectivity index (χ2n) is 6.73. The molecule has 27 heavy (non-hydrogen) atoms. The number of fused-ring (bicyclic) bond motifs is 1. The highest BCUT2D eigenvalue weighted by atomic mass is 32.1. The molecule has 0 bridgehead atoms. The Balaban J connectivity index is 1.57. The number of carbonyl (C=O) groups excluding carboxylic acids is 2. The van der Waals surface area contributed by atoms with Gasteiger partial charge in [0.25, 0.3) is 11.8 Å². The summed E-state index contributed by atoms with van der Waals surface area (Å²) in [5.74, 6) is 0.757.